The first-order valence-electron chi connectivity index (χ1n) is 6.96. The number of benzene rings is 1. The third-order valence-electron chi connectivity index (χ3n) is 3.68. The van der Waals surface area contributed by atoms with Gasteiger partial charge >= 0.3 is 0 Å². The van der Waals surface area contributed by atoms with Gasteiger partial charge in [-0.1, -0.05) is 36.7 Å². The number of hydrogen-bond donors (Lipinski definition) is 1. The highest BCUT2D eigenvalue weighted by atomic mass is 35.5. The average molecular weight is 304 g/mol. The summed E-state index contributed by atoms with van der Waals surface area (Å²) in [6.45, 7) is 2.89. The Morgan fingerprint density at radius 3 is 2.67 bits per heavy atom. The van der Waals surface area contributed by atoms with E-state index in [4.69, 9.17) is 16.7 Å². The number of nitrogens with one attached hydrogen (secondary N) is 1. The van der Waals surface area contributed by atoms with Crippen LogP contribution in [0.25, 0.3) is 10.9 Å². The first-order chi connectivity index (χ1) is 10.1. The number of nitrogens with zero attached hydrogens (tertiary/aromatic N) is 4. The molecular formula is C15H18ClN5. The molecule has 2 heterocycles. The number of aryl methyl sites for hydroxylation is 2. The predicted molar refractivity (Wildman–Crippen MR) is 84.5 cm³/mol. The van der Waals surface area contributed by atoms with Gasteiger partial charge < -0.3 is 5.32 Å². The molecule has 21 heavy (non-hydrogen) atoms. The van der Waals surface area contributed by atoms with Crippen LogP contribution >= 0.6 is 11.6 Å². The first kappa shape index (κ1) is 14.1. The van der Waals surface area contributed by atoms with Crippen molar-refractivity contribution in [2.24, 2.45) is 14.1 Å². The van der Waals surface area contributed by atoms with Crippen LogP contribution in [0.15, 0.2) is 30.5 Å². The second-order valence-corrected chi connectivity index (χ2v) is 5.43. The second kappa shape index (κ2) is 5.50. The molecule has 1 unspecified atom stereocenters. The molecular weight excluding hydrogens is 286 g/mol. The minimum Gasteiger partial charge on any atom is -0.304 e. The zero-order chi connectivity index (χ0) is 15.0. The lowest BCUT2D eigenvalue weighted by molar-refractivity contribution is 0.556. The van der Waals surface area contributed by atoms with E-state index in [1.807, 2.05) is 30.9 Å². The lowest BCUT2D eigenvalue weighted by atomic mass is 10.1. The SMILES string of the molecule is CCNC(c1nn(C)c2ccccc12)c1c(Cl)cnn1C. The van der Waals surface area contributed by atoms with Crippen molar-refractivity contribution in [1.82, 2.24) is 24.9 Å². The molecule has 1 N–H and O–H groups in total. The molecule has 0 aliphatic carbocycles. The second-order valence-electron chi connectivity index (χ2n) is 5.02. The maximum absolute atomic E-state index is 6.33. The minimum absolute atomic E-state index is 0.0823. The lowest BCUT2D eigenvalue weighted by Crippen LogP contribution is -2.25. The maximum Gasteiger partial charge on any atom is 0.0961 e. The van der Waals surface area contributed by atoms with E-state index in [1.165, 1.54) is 0 Å². The summed E-state index contributed by atoms with van der Waals surface area (Å²) >= 11 is 6.33. The Kier molecular flexibility index (Phi) is 3.69. The van der Waals surface area contributed by atoms with Gasteiger partial charge in [0.15, 0.2) is 0 Å². The first-order valence-corrected chi connectivity index (χ1v) is 7.33. The molecule has 1 aromatic carbocycles. The molecule has 0 aliphatic rings. The zero-order valence-electron chi connectivity index (χ0n) is 12.3. The summed E-state index contributed by atoms with van der Waals surface area (Å²) in [4.78, 5) is 0. The molecule has 0 aliphatic heterocycles. The highest BCUT2D eigenvalue weighted by Crippen LogP contribution is 2.31. The van der Waals surface area contributed by atoms with Gasteiger partial charge in [0, 0.05) is 19.5 Å². The molecule has 0 radical (unpaired) electrons. The highest BCUT2D eigenvalue weighted by molar-refractivity contribution is 6.31. The van der Waals surface area contributed by atoms with E-state index in [-0.39, 0.29) is 6.04 Å². The number of para-hydroxylation sites is 1. The number of aromatic nitrogens is 4. The van der Waals surface area contributed by atoms with E-state index < -0.39 is 0 Å². The normalized spacial score (nSPS) is 13.0. The van der Waals surface area contributed by atoms with E-state index in [9.17, 15) is 0 Å². The molecule has 5 nitrogen and oxygen atoms in total. The molecule has 6 heteroatoms. The topological polar surface area (TPSA) is 47.7 Å². The van der Waals surface area contributed by atoms with Crippen LogP contribution in [0, 0.1) is 0 Å². The number of rotatable bonds is 4. The van der Waals surface area contributed by atoms with E-state index >= 15 is 0 Å². The Morgan fingerprint density at radius 2 is 2.00 bits per heavy atom. The van der Waals surface area contributed by atoms with Gasteiger partial charge in [0.2, 0.25) is 0 Å². The Balaban J connectivity index is 2.21. The average Bonchev–Trinajstić information content (AvgIpc) is 2.99. The molecule has 3 aromatic rings. The van der Waals surface area contributed by atoms with E-state index in [1.54, 1.807) is 10.9 Å². The van der Waals surface area contributed by atoms with Gasteiger partial charge in [-0.3, -0.25) is 9.36 Å². The van der Waals surface area contributed by atoms with Gasteiger partial charge in [-0.05, 0) is 12.6 Å². The van der Waals surface area contributed by atoms with Gasteiger partial charge in [-0.15, -0.1) is 0 Å². The fourth-order valence-electron chi connectivity index (χ4n) is 2.73. The third kappa shape index (κ3) is 2.32. The van der Waals surface area contributed by atoms with Crippen molar-refractivity contribution in [2.45, 2.75) is 13.0 Å². The standard InChI is InChI=1S/C15H18ClN5/c1-4-17-14(15-11(16)9-18-21(15)3)13-10-7-5-6-8-12(10)20(2)19-13/h5-9,14,17H,4H2,1-3H3. The molecule has 0 spiro atoms. The fraction of sp³-hybridized carbons (Fsp3) is 0.333. The molecule has 3 rings (SSSR count). The van der Waals surface area contributed by atoms with Crippen LogP contribution in [-0.2, 0) is 14.1 Å². The van der Waals surface area contributed by atoms with Crippen LogP contribution in [0.4, 0.5) is 0 Å². The van der Waals surface area contributed by atoms with Crippen molar-refractivity contribution in [3.63, 3.8) is 0 Å². The lowest BCUT2D eigenvalue weighted by Gasteiger charge is -2.17. The molecule has 1 atom stereocenters. The van der Waals surface area contributed by atoms with Crippen LogP contribution in [0.1, 0.15) is 24.4 Å². The Hall–Kier alpha value is -1.85. The monoisotopic (exact) mass is 303 g/mol. The molecule has 0 amide bonds. The van der Waals surface area contributed by atoms with E-state index in [0.29, 0.717) is 5.02 Å². The van der Waals surface area contributed by atoms with Gasteiger partial charge in [0.05, 0.1) is 34.2 Å². The van der Waals surface area contributed by atoms with Crippen LogP contribution in [-0.4, -0.2) is 26.1 Å². The Morgan fingerprint density at radius 1 is 1.24 bits per heavy atom. The molecule has 2 aromatic heterocycles. The summed E-state index contributed by atoms with van der Waals surface area (Å²) in [7, 11) is 3.86. The third-order valence-corrected chi connectivity index (χ3v) is 3.97. The summed E-state index contributed by atoms with van der Waals surface area (Å²) in [5, 5.41) is 14.2. The zero-order valence-corrected chi connectivity index (χ0v) is 13.1. The summed E-state index contributed by atoms with van der Waals surface area (Å²) in [6.07, 6.45) is 1.67. The van der Waals surface area contributed by atoms with Crippen molar-refractivity contribution in [1.29, 1.82) is 0 Å². The molecule has 110 valence electrons. The van der Waals surface area contributed by atoms with Crippen LogP contribution in [0.5, 0.6) is 0 Å². The quantitative estimate of drug-likeness (QED) is 0.806. The maximum atomic E-state index is 6.33. The minimum atomic E-state index is -0.0823. The largest absolute Gasteiger partial charge is 0.304 e. The van der Waals surface area contributed by atoms with Gasteiger partial charge in [-0.25, -0.2) is 0 Å². The summed E-state index contributed by atoms with van der Waals surface area (Å²) in [5.74, 6) is 0. The summed E-state index contributed by atoms with van der Waals surface area (Å²) in [5.41, 5.74) is 3.01. The molecule has 0 bridgehead atoms. The Labute approximate surface area is 128 Å². The van der Waals surface area contributed by atoms with Gasteiger partial charge in [0.1, 0.15) is 0 Å². The molecule has 0 fully saturated rings. The predicted octanol–water partition coefficient (Wildman–Crippen LogP) is 2.66. The van der Waals surface area contributed by atoms with Gasteiger partial charge in [-0.2, -0.15) is 10.2 Å². The summed E-state index contributed by atoms with van der Waals surface area (Å²) in [6, 6.07) is 8.13. The Bertz CT molecular complexity index is 754. The van der Waals surface area contributed by atoms with Crippen molar-refractivity contribution in [3.8, 4) is 0 Å². The van der Waals surface area contributed by atoms with Crippen LogP contribution in [0.2, 0.25) is 5.02 Å². The molecule has 0 saturated heterocycles. The van der Waals surface area contributed by atoms with Crippen molar-refractivity contribution >= 4 is 22.5 Å². The van der Waals surface area contributed by atoms with Gasteiger partial charge in [0.25, 0.3) is 0 Å². The summed E-state index contributed by atoms with van der Waals surface area (Å²) < 4.78 is 3.71. The van der Waals surface area contributed by atoms with Crippen molar-refractivity contribution < 1.29 is 0 Å². The number of hydrogen-bond acceptors (Lipinski definition) is 3. The van der Waals surface area contributed by atoms with Crippen LogP contribution in [0.3, 0.4) is 0 Å². The van der Waals surface area contributed by atoms with Crippen LogP contribution < -0.4 is 5.32 Å². The number of halogens is 1. The smallest absolute Gasteiger partial charge is 0.0961 e. The molecule has 0 saturated carbocycles. The van der Waals surface area contributed by atoms with E-state index in [0.717, 1.165) is 28.8 Å². The van der Waals surface area contributed by atoms with Crippen molar-refractivity contribution in [2.75, 3.05) is 6.54 Å². The highest BCUT2D eigenvalue weighted by Gasteiger charge is 2.25. The number of fused-ring (bicyclic) bond motifs is 1. The van der Waals surface area contributed by atoms with E-state index in [2.05, 4.69) is 29.5 Å². The fourth-order valence-corrected chi connectivity index (χ4v) is 3.00. The van der Waals surface area contributed by atoms with Crippen molar-refractivity contribution in [3.05, 3.63) is 46.9 Å².